The maximum atomic E-state index is 13.3. The van der Waals surface area contributed by atoms with Crippen molar-refractivity contribution in [3.05, 3.63) is 70.6 Å². The summed E-state index contributed by atoms with van der Waals surface area (Å²) in [6.45, 7) is 6.49. The molecular formula is C30H33N3O3. The van der Waals surface area contributed by atoms with Crippen LogP contribution in [0.2, 0.25) is 0 Å². The summed E-state index contributed by atoms with van der Waals surface area (Å²) in [5.41, 5.74) is 5.87. The van der Waals surface area contributed by atoms with E-state index in [2.05, 4.69) is 78.7 Å². The van der Waals surface area contributed by atoms with Crippen molar-refractivity contribution >= 4 is 12.2 Å². The number of carbonyl (C=O) groups excluding carboxylic acids is 2. The van der Waals surface area contributed by atoms with Crippen molar-refractivity contribution in [1.29, 1.82) is 0 Å². The molecule has 0 radical (unpaired) electrons. The van der Waals surface area contributed by atoms with Gasteiger partial charge in [-0.15, -0.1) is 10.2 Å². The number of nitrogens with zero attached hydrogens (tertiary/aromatic N) is 2. The Morgan fingerprint density at radius 3 is 2.53 bits per heavy atom. The Morgan fingerprint density at radius 1 is 1.08 bits per heavy atom. The minimum absolute atomic E-state index is 0.00272. The van der Waals surface area contributed by atoms with Gasteiger partial charge in [-0.2, -0.15) is 0 Å². The molecule has 2 heterocycles. The average molecular weight is 484 g/mol. The zero-order valence-electron chi connectivity index (χ0n) is 21.2. The predicted molar refractivity (Wildman–Crippen MR) is 137 cm³/mol. The highest BCUT2D eigenvalue weighted by Crippen LogP contribution is 2.61. The fraction of sp³-hybridized carbons (Fsp3) is 0.467. The van der Waals surface area contributed by atoms with Gasteiger partial charge in [-0.3, -0.25) is 9.59 Å². The third-order valence-electron chi connectivity index (χ3n) is 9.09. The zero-order valence-corrected chi connectivity index (χ0v) is 21.2. The van der Waals surface area contributed by atoms with Crippen molar-refractivity contribution in [3.8, 4) is 11.5 Å². The SMILES string of the molecule is CC[C@@]12CC[C@@H](c3ccc(-c4nnc(C=O)o4)cc3C3CC3)[C@H](c3ccc(C)cc3)[C@@H]1[C@@H](C)NC2=O. The molecule has 0 unspecified atom stereocenters. The first-order valence-electron chi connectivity index (χ1n) is 13.3. The van der Waals surface area contributed by atoms with Gasteiger partial charge in [0.25, 0.3) is 5.89 Å². The van der Waals surface area contributed by atoms with E-state index in [1.54, 1.807) is 0 Å². The van der Waals surface area contributed by atoms with E-state index in [0.29, 0.717) is 24.0 Å². The van der Waals surface area contributed by atoms with Gasteiger partial charge < -0.3 is 9.73 Å². The molecule has 0 bridgehead atoms. The van der Waals surface area contributed by atoms with Gasteiger partial charge in [-0.25, -0.2) is 0 Å². The average Bonchev–Trinajstić information content (AvgIpc) is 3.57. The van der Waals surface area contributed by atoms with Crippen LogP contribution >= 0.6 is 0 Å². The fourth-order valence-electron chi connectivity index (χ4n) is 7.19. The Kier molecular flexibility index (Phi) is 5.58. The number of benzene rings is 2. The van der Waals surface area contributed by atoms with Crippen LogP contribution in [-0.4, -0.2) is 28.4 Å². The van der Waals surface area contributed by atoms with Crippen molar-refractivity contribution < 1.29 is 14.0 Å². The highest BCUT2D eigenvalue weighted by Gasteiger charge is 2.59. The van der Waals surface area contributed by atoms with Crippen LogP contribution in [0, 0.1) is 18.3 Å². The van der Waals surface area contributed by atoms with Crippen molar-refractivity contribution in [1.82, 2.24) is 15.5 Å². The van der Waals surface area contributed by atoms with E-state index < -0.39 is 0 Å². The Bertz CT molecular complexity index is 1310. The lowest BCUT2D eigenvalue weighted by Gasteiger charge is -2.48. The first kappa shape index (κ1) is 23.1. The summed E-state index contributed by atoms with van der Waals surface area (Å²) < 4.78 is 5.54. The molecular weight excluding hydrogens is 450 g/mol. The molecule has 6 heteroatoms. The number of fused-ring (bicyclic) bond motifs is 1. The second-order valence-corrected chi connectivity index (χ2v) is 11.1. The van der Waals surface area contributed by atoms with Gasteiger partial charge in [-0.05, 0) is 92.5 Å². The van der Waals surface area contributed by atoms with E-state index in [4.69, 9.17) is 4.42 Å². The van der Waals surface area contributed by atoms with E-state index in [1.165, 1.54) is 35.1 Å². The van der Waals surface area contributed by atoms with Crippen LogP contribution in [0.15, 0.2) is 46.9 Å². The molecule has 3 aliphatic rings. The molecule has 1 aromatic heterocycles. The molecule has 186 valence electrons. The fourth-order valence-corrected chi connectivity index (χ4v) is 7.19. The molecule has 6 rings (SSSR count). The monoisotopic (exact) mass is 483 g/mol. The van der Waals surface area contributed by atoms with Crippen molar-refractivity contribution in [2.24, 2.45) is 11.3 Å². The highest BCUT2D eigenvalue weighted by molar-refractivity contribution is 5.86. The standard InChI is InChI=1S/C30H33N3O3/c1-4-30-14-13-23(26(20-7-5-17(2)6-8-20)27(30)18(3)31-29(30)35)22-12-11-21(15-24(22)19-9-10-19)28-33-32-25(16-34)36-28/h5-8,11-12,15-16,18-19,23,26-27H,4,9-10,13-14H2,1-3H3,(H,31,35)/t18-,23+,26+,27+,30-/m1/s1. The molecule has 3 aromatic rings. The van der Waals surface area contributed by atoms with Gasteiger partial charge in [0.1, 0.15) is 0 Å². The molecule has 3 fully saturated rings. The lowest BCUT2D eigenvalue weighted by Crippen LogP contribution is -2.44. The Morgan fingerprint density at radius 2 is 1.86 bits per heavy atom. The van der Waals surface area contributed by atoms with Gasteiger partial charge in [0.05, 0.1) is 5.41 Å². The van der Waals surface area contributed by atoms with Crippen LogP contribution in [0.1, 0.15) is 96.6 Å². The minimum atomic E-state index is -0.305. The van der Waals surface area contributed by atoms with Crippen LogP contribution in [0.25, 0.3) is 11.5 Å². The quantitative estimate of drug-likeness (QED) is 0.440. The number of aromatic nitrogens is 2. The second kappa shape index (κ2) is 8.68. The molecule has 1 aliphatic heterocycles. The van der Waals surface area contributed by atoms with Crippen molar-refractivity contribution in [2.75, 3.05) is 0 Å². The summed E-state index contributed by atoms with van der Waals surface area (Å²) in [6, 6.07) is 15.6. The molecule has 2 aromatic carbocycles. The number of aldehydes is 1. The third kappa shape index (κ3) is 3.61. The zero-order chi connectivity index (χ0) is 25.0. The molecule has 1 amide bonds. The number of amides is 1. The van der Waals surface area contributed by atoms with Crippen LogP contribution < -0.4 is 5.32 Å². The molecule has 2 saturated carbocycles. The van der Waals surface area contributed by atoms with Gasteiger partial charge >= 0.3 is 0 Å². The summed E-state index contributed by atoms with van der Waals surface area (Å²) in [7, 11) is 0. The number of rotatable bonds is 6. The van der Waals surface area contributed by atoms with Gasteiger partial charge in [0.2, 0.25) is 18.1 Å². The largest absolute Gasteiger partial charge is 0.414 e. The van der Waals surface area contributed by atoms with E-state index in [9.17, 15) is 9.59 Å². The summed E-state index contributed by atoms with van der Waals surface area (Å²) in [6.07, 6.45) is 5.71. The Hall–Kier alpha value is -3.28. The van der Waals surface area contributed by atoms with Gasteiger partial charge in [0.15, 0.2) is 0 Å². The van der Waals surface area contributed by atoms with Gasteiger partial charge in [0, 0.05) is 17.5 Å². The number of aryl methyl sites for hydroxylation is 1. The summed E-state index contributed by atoms with van der Waals surface area (Å²) in [4.78, 5) is 24.4. The molecule has 0 spiro atoms. The van der Waals surface area contributed by atoms with Crippen LogP contribution in [-0.2, 0) is 4.79 Å². The van der Waals surface area contributed by atoms with Crippen molar-refractivity contribution in [2.45, 2.75) is 76.7 Å². The summed E-state index contributed by atoms with van der Waals surface area (Å²) in [5, 5.41) is 11.2. The number of nitrogens with one attached hydrogen (secondary N) is 1. The maximum absolute atomic E-state index is 13.3. The third-order valence-corrected chi connectivity index (χ3v) is 9.09. The molecule has 1 N–H and O–H groups in total. The lowest BCUT2D eigenvalue weighted by molar-refractivity contribution is -0.131. The minimum Gasteiger partial charge on any atom is -0.414 e. The first-order chi connectivity index (χ1) is 17.4. The Balaban J connectivity index is 1.47. The molecule has 6 nitrogen and oxygen atoms in total. The smallest absolute Gasteiger partial charge is 0.280 e. The topological polar surface area (TPSA) is 85.1 Å². The molecule has 36 heavy (non-hydrogen) atoms. The van der Waals surface area contributed by atoms with Crippen molar-refractivity contribution in [3.63, 3.8) is 0 Å². The molecule has 2 aliphatic carbocycles. The predicted octanol–water partition coefficient (Wildman–Crippen LogP) is 5.93. The number of hydrogen-bond donors (Lipinski definition) is 1. The summed E-state index contributed by atoms with van der Waals surface area (Å²) in [5.74, 6) is 1.97. The van der Waals surface area contributed by atoms with Gasteiger partial charge in [-0.1, -0.05) is 42.8 Å². The summed E-state index contributed by atoms with van der Waals surface area (Å²) >= 11 is 0. The van der Waals surface area contributed by atoms with E-state index in [1.807, 2.05) is 0 Å². The second-order valence-electron chi connectivity index (χ2n) is 11.1. The normalized spacial score (nSPS) is 29.6. The number of hydrogen-bond acceptors (Lipinski definition) is 5. The first-order valence-corrected chi connectivity index (χ1v) is 13.3. The Labute approximate surface area is 211 Å². The van der Waals surface area contributed by atoms with E-state index in [0.717, 1.165) is 24.8 Å². The van der Waals surface area contributed by atoms with E-state index >= 15 is 0 Å². The van der Waals surface area contributed by atoms with E-state index in [-0.39, 0.29) is 35.1 Å². The molecule has 5 atom stereocenters. The van der Waals surface area contributed by atoms with Crippen LogP contribution in [0.3, 0.4) is 0 Å². The number of carbonyl (C=O) groups is 2. The lowest BCUT2D eigenvalue weighted by atomic mass is 9.54. The van der Waals surface area contributed by atoms with Crippen LogP contribution in [0.5, 0.6) is 0 Å². The highest BCUT2D eigenvalue weighted by atomic mass is 16.4. The molecule has 1 saturated heterocycles. The maximum Gasteiger partial charge on any atom is 0.280 e. The van der Waals surface area contributed by atoms with Crippen LogP contribution in [0.4, 0.5) is 0 Å².